The Morgan fingerprint density at radius 2 is 2.19 bits per heavy atom. The first-order valence-corrected chi connectivity index (χ1v) is 5.41. The van der Waals surface area contributed by atoms with Crippen LogP contribution in [-0.4, -0.2) is 10.3 Å². The fraction of sp³-hybridized carbons (Fsp3) is 0.308. The van der Waals surface area contributed by atoms with Gasteiger partial charge in [-0.05, 0) is 24.5 Å². The van der Waals surface area contributed by atoms with Gasteiger partial charge in [-0.25, -0.2) is 0 Å². The molecule has 0 unspecified atom stereocenters. The molecule has 2 rings (SSSR count). The average molecular weight is 217 g/mol. The zero-order chi connectivity index (χ0) is 11.5. The zero-order valence-electron chi connectivity index (χ0n) is 9.53. The van der Waals surface area contributed by atoms with E-state index >= 15 is 0 Å². The monoisotopic (exact) mass is 217 g/mol. The van der Waals surface area contributed by atoms with Gasteiger partial charge in [0.1, 0.15) is 0 Å². The molecule has 3 heteroatoms. The molecule has 0 amide bonds. The van der Waals surface area contributed by atoms with Crippen LogP contribution in [0.2, 0.25) is 0 Å². The van der Waals surface area contributed by atoms with Crippen molar-refractivity contribution in [1.82, 2.24) is 5.16 Å². The van der Waals surface area contributed by atoms with Crippen LogP contribution in [0.5, 0.6) is 0 Å². The number of aryl methyl sites for hydroxylation is 1. The summed E-state index contributed by atoms with van der Waals surface area (Å²) in [5.74, 6) is 0.768. The third kappa shape index (κ3) is 1.86. The van der Waals surface area contributed by atoms with Crippen LogP contribution in [0.1, 0.15) is 23.7 Å². The van der Waals surface area contributed by atoms with E-state index in [9.17, 15) is 5.11 Å². The van der Waals surface area contributed by atoms with E-state index in [0.29, 0.717) is 0 Å². The minimum atomic E-state index is 0.0500. The van der Waals surface area contributed by atoms with E-state index in [1.54, 1.807) is 0 Å². The standard InChI is InChI=1S/C13H15NO2/c1-3-11-7-13(16-14-11)12-6-4-5-10(8-15)9(12)2/h4-7,15H,3,8H2,1-2H3. The molecule has 0 aliphatic rings. The largest absolute Gasteiger partial charge is 0.392 e. The molecular formula is C13H15NO2. The molecule has 0 saturated heterocycles. The van der Waals surface area contributed by atoms with Gasteiger partial charge in [-0.15, -0.1) is 0 Å². The van der Waals surface area contributed by atoms with Gasteiger partial charge in [-0.3, -0.25) is 0 Å². The van der Waals surface area contributed by atoms with Gasteiger partial charge in [-0.2, -0.15) is 0 Å². The molecule has 1 aromatic heterocycles. The maximum atomic E-state index is 9.19. The van der Waals surface area contributed by atoms with Crippen molar-refractivity contribution in [3.63, 3.8) is 0 Å². The Hall–Kier alpha value is -1.61. The Labute approximate surface area is 94.7 Å². The summed E-state index contributed by atoms with van der Waals surface area (Å²) < 4.78 is 5.29. The van der Waals surface area contributed by atoms with Crippen LogP contribution in [-0.2, 0) is 13.0 Å². The first kappa shape index (κ1) is 10.9. The molecule has 0 aliphatic carbocycles. The lowest BCUT2D eigenvalue weighted by Crippen LogP contribution is -1.90. The number of benzene rings is 1. The lowest BCUT2D eigenvalue weighted by Gasteiger charge is -2.06. The maximum Gasteiger partial charge on any atom is 0.167 e. The van der Waals surface area contributed by atoms with Gasteiger partial charge < -0.3 is 9.63 Å². The Balaban J connectivity index is 2.47. The SMILES string of the molecule is CCc1cc(-c2cccc(CO)c2C)on1. The van der Waals surface area contributed by atoms with Crippen LogP contribution >= 0.6 is 0 Å². The van der Waals surface area contributed by atoms with Crippen molar-refractivity contribution in [3.8, 4) is 11.3 Å². The van der Waals surface area contributed by atoms with Crippen molar-refractivity contribution in [1.29, 1.82) is 0 Å². The highest BCUT2D eigenvalue weighted by Crippen LogP contribution is 2.26. The van der Waals surface area contributed by atoms with Crippen LogP contribution in [0.3, 0.4) is 0 Å². The molecule has 1 N–H and O–H groups in total. The van der Waals surface area contributed by atoms with Crippen LogP contribution in [0.4, 0.5) is 0 Å². The number of aliphatic hydroxyl groups excluding tert-OH is 1. The number of hydrogen-bond donors (Lipinski definition) is 1. The molecule has 0 saturated carbocycles. The second-order valence-corrected chi connectivity index (χ2v) is 3.78. The van der Waals surface area contributed by atoms with E-state index in [0.717, 1.165) is 34.6 Å². The van der Waals surface area contributed by atoms with Gasteiger partial charge >= 0.3 is 0 Å². The number of rotatable bonds is 3. The molecule has 0 atom stereocenters. The van der Waals surface area contributed by atoms with Crippen LogP contribution in [0.15, 0.2) is 28.8 Å². The molecule has 0 fully saturated rings. The summed E-state index contributed by atoms with van der Waals surface area (Å²) in [6, 6.07) is 7.76. The van der Waals surface area contributed by atoms with E-state index in [-0.39, 0.29) is 6.61 Å². The van der Waals surface area contributed by atoms with Gasteiger partial charge in [0.25, 0.3) is 0 Å². The summed E-state index contributed by atoms with van der Waals surface area (Å²) in [7, 11) is 0. The van der Waals surface area contributed by atoms with E-state index in [1.165, 1.54) is 0 Å². The first-order chi connectivity index (χ1) is 7.76. The average Bonchev–Trinajstić information content (AvgIpc) is 2.78. The summed E-state index contributed by atoms with van der Waals surface area (Å²) in [6.07, 6.45) is 0.863. The number of aliphatic hydroxyl groups is 1. The summed E-state index contributed by atoms with van der Waals surface area (Å²) >= 11 is 0. The van der Waals surface area contributed by atoms with Crippen LogP contribution in [0, 0.1) is 6.92 Å². The predicted octanol–water partition coefficient (Wildman–Crippen LogP) is 2.70. The molecule has 84 valence electrons. The Morgan fingerprint density at radius 3 is 2.81 bits per heavy atom. The number of aromatic nitrogens is 1. The second-order valence-electron chi connectivity index (χ2n) is 3.78. The van der Waals surface area contributed by atoms with E-state index in [1.807, 2.05) is 38.1 Å². The summed E-state index contributed by atoms with van der Waals surface area (Å²) in [6.45, 7) is 4.07. The van der Waals surface area contributed by atoms with Gasteiger partial charge in [0.2, 0.25) is 0 Å². The van der Waals surface area contributed by atoms with Crippen LogP contribution in [0.25, 0.3) is 11.3 Å². The summed E-state index contributed by atoms with van der Waals surface area (Å²) in [4.78, 5) is 0. The molecule has 0 radical (unpaired) electrons. The topological polar surface area (TPSA) is 46.3 Å². The minimum Gasteiger partial charge on any atom is -0.392 e. The maximum absolute atomic E-state index is 9.19. The molecule has 16 heavy (non-hydrogen) atoms. The van der Waals surface area contributed by atoms with Crippen molar-refractivity contribution < 1.29 is 9.63 Å². The quantitative estimate of drug-likeness (QED) is 0.859. The van der Waals surface area contributed by atoms with Gasteiger partial charge in [-0.1, -0.05) is 30.3 Å². The Morgan fingerprint density at radius 1 is 1.38 bits per heavy atom. The first-order valence-electron chi connectivity index (χ1n) is 5.41. The van der Waals surface area contributed by atoms with Crippen molar-refractivity contribution >= 4 is 0 Å². The highest BCUT2D eigenvalue weighted by molar-refractivity contribution is 5.63. The second kappa shape index (κ2) is 4.49. The number of hydrogen-bond acceptors (Lipinski definition) is 3. The third-order valence-corrected chi connectivity index (χ3v) is 2.80. The van der Waals surface area contributed by atoms with Gasteiger partial charge in [0, 0.05) is 11.6 Å². The fourth-order valence-electron chi connectivity index (χ4n) is 1.73. The molecule has 2 aromatic rings. The highest BCUT2D eigenvalue weighted by Gasteiger charge is 2.10. The molecule has 0 bridgehead atoms. The Kier molecular flexibility index (Phi) is 3.06. The van der Waals surface area contributed by atoms with E-state index in [4.69, 9.17) is 4.52 Å². The Bertz CT molecular complexity index is 488. The molecule has 0 spiro atoms. The van der Waals surface area contributed by atoms with Crippen molar-refractivity contribution in [2.24, 2.45) is 0 Å². The fourth-order valence-corrected chi connectivity index (χ4v) is 1.73. The molecule has 1 aromatic carbocycles. The normalized spacial score (nSPS) is 10.7. The molecule has 0 aliphatic heterocycles. The molecular weight excluding hydrogens is 202 g/mol. The van der Waals surface area contributed by atoms with Gasteiger partial charge in [0.15, 0.2) is 5.76 Å². The van der Waals surface area contributed by atoms with Crippen LogP contribution < -0.4 is 0 Å². The molecule has 1 heterocycles. The summed E-state index contributed by atoms with van der Waals surface area (Å²) in [5, 5.41) is 13.2. The highest BCUT2D eigenvalue weighted by atomic mass is 16.5. The predicted molar refractivity (Wildman–Crippen MR) is 62.0 cm³/mol. The lowest BCUT2D eigenvalue weighted by molar-refractivity contribution is 0.281. The lowest BCUT2D eigenvalue weighted by atomic mass is 10.0. The zero-order valence-corrected chi connectivity index (χ0v) is 9.53. The van der Waals surface area contributed by atoms with E-state index in [2.05, 4.69) is 5.16 Å². The molecule has 3 nitrogen and oxygen atoms in total. The van der Waals surface area contributed by atoms with Crippen molar-refractivity contribution in [3.05, 3.63) is 41.1 Å². The smallest absolute Gasteiger partial charge is 0.167 e. The number of nitrogens with zero attached hydrogens (tertiary/aromatic N) is 1. The third-order valence-electron chi connectivity index (χ3n) is 2.80. The van der Waals surface area contributed by atoms with E-state index < -0.39 is 0 Å². The van der Waals surface area contributed by atoms with Crippen molar-refractivity contribution in [2.75, 3.05) is 0 Å². The van der Waals surface area contributed by atoms with Crippen molar-refractivity contribution in [2.45, 2.75) is 26.9 Å². The minimum absolute atomic E-state index is 0.0500. The summed E-state index contributed by atoms with van der Waals surface area (Å²) in [5.41, 5.74) is 3.92. The van der Waals surface area contributed by atoms with Gasteiger partial charge in [0.05, 0.1) is 12.3 Å².